The average Bonchev–Trinajstić information content (AvgIpc) is 3.47. The Labute approximate surface area is 249 Å². The van der Waals surface area contributed by atoms with Gasteiger partial charge in [0.15, 0.2) is 5.82 Å². The molecular formula is C40H26N2O. The highest BCUT2D eigenvalue weighted by atomic mass is 16.3. The van der Waals surface area contributed by atoms with Gasteiger partial charge in [0.1, 0.15) is 11.2 Å². The molecule has 6 aromatic carbocycles. The Morgan fingerprint density at radius 2 is 0.953 bits per heavy atom. The van der Waals surface area contributed by atoms with E-state index in [1.54, 1.807) is 0 Å². The lowest BCUT2D eigenvalue weighted by molar-refractivity contribution is 0.669. The van der Waals surface area contributed by atoms with Crippen molar-refractivity contribution in [3.8, 4) is 56.2 Å². The zero-order valence-electron chi connectivity index (χ0n) is 23.3. The van der Waals surface area contributed by atoms with E-state index in [9.17, 15) is 0 Å². The SMILES string of the molecule is c1ccc(-c2ccc(-c3ccc4oc5ccccc5c4c3)c(-c3cc(-c4ccccc4)nc(-c4ccccc4)n3)c2)cc1. The third kappa shape index (κ3) is 4.67. The van der Waals surface area contributed by atoms with E-state index in [-0.39, 0.29) is 0 Å². The minimum atomic E-state index is 0.698. The number of hydrogen-bond acceptors (Lipinski definition) is 3. The summed E-state index contributed by atoms with van der Waals surface area (Å²) in [5.74, 6) is 0.698. The first-order valence-electron chi connectivity index (χ1n) is 14.4. The maximum absolute atomic E-state index is 6.14. The lowest BCUT2D eigenvalue weighted by Crippen LogP contribution is -1.97. The lowest BCUT2D eigenvalue weighted by Gasteiger charge is -2.15. The molecule has 0 radical (unpaired) electrons. The van der Waals surface area contributed by atoms with Gasteiger partial charge in [-0.3, -0.25) is 0 Å². The molecule has 0 aliphatic heterocycles. The molecule has 43 heavy (non-hydrogen) atoms. The molecule has 3 nitrogen and oxygen atoms in total. The third-order valence-corrected chi connectivity index (χ3v) is 7.92. The van der Waals surface area contributed by atoms with E-state index in [0.717, 1.165) is 72.3 Å². The molecule has 2 heterocycles. The standard InChI is InChI=1S/C40H26N2O/c1-4-12-27(13-5-1)30-20-22-32(31-21-23-39-35(25-31)33-18-10-11-19-38(33)43-39)34(24-30)37-26-36(28-14-6-2-7-15-28)41-40(42-37)29-16-8-3-9-17-29/h1-26H. The summed E-state index contributed by atoms with van der Waals surface area (Å²) in [6.45, 7) is 0. The fourth-order valence-electron chi connectivity index (χ4n) is 5.77. The fraction of sp³-hybridized carbons (Fsp3) is 0. The molecule has 8 aromatic rings. The highest BCUT2D eigenvalue weighted by Crippen LogP contribution is 2.39. The highest BCUT2D eigenvalue weighted by molar-refractivity contribution is 6.06. The highest BCUT2D eigenvalue weighted by Gasteiger charge is 2.17. The molecular weight excluding hydrogens is 524 g/mol. The number of para-hydroxylation sites is 1. The molecule has 8 rings (SSSR count). The second-order valence-electron chi connectivity index (χ2n) is 10.6. The van der Waals surface area contributed by atoms with Crippen LogP contribution in [0.4, 0.5) is 0 Å². The monoisotopic (exact) mass is 550 g/mol. The van der Waals surface area contributed by atoms with Gasteiger partial charge in [0.05, 0.1) is 11.4 Å². The molecule has 0 fully saturated rings. The van der Waals surface area contributed by atoms with Gasteiger partial charge >= 0.3 is 0 Å². The summed E-state index contributed by atoms with van der Waals surface area (Å²) in [7, 11) is 0. The van der Waals surface area contributed by atoms with Crippen LogP contribution in [0.3, 0.4) is 0 Å². The van der Waals surface area contributed by atoms with Crippen molar-refractivity contribution in [2.75, 3.05) is 0 Å². The Hall–Kier alpha value is -5.80. The van der Waals surface area contributed by atoms with Crippen LogP contribution in [0.5, 0.6) is 0 Å². The first kappa shape index (κ1) is 25.0. The van der Waals surface area contributed by atoms with E-state index in [4.69, 9.17) is 14.4 Å². The first-order chi connectivity index (χ1) is 21.3. The van der Waals surface area contributed by atoms with E-state index < -0.39 is 0 Å². The fourth-order valence-corrected chi connectivity index (χ4v) is 5.77. The van der Waals surface area contributed by atoms with Crippen molar-refractivity contribution < 1.29 is 4.42 Å². The van der Waals surface area contributed by atoms with Gasteiger partial charge in [0.25, 0.3) is 0 Å². The second kappa shape index (κ2) is 10.6. The summed E-state index contributed by atoms with van der Waals surface area (Å²) in [4.78, 5) is 10.2. The Balaban J connectivity index is 1.39. The molecule has 0 saturated carbocycles. The van der Waals surface area contributed by atoms with Gasteiger partial charge in [-0.2, -0.15) is 0 Å². The summed E-state index contributed by atoms with van der Waals surface area (Å²) in [5, 5.41) is 2.21. The Kier molecular flexibility index (Phi) is 6.12. The molecule has 0 N–H and O–H groups in total. The lowest BCUT2D eigenvalue weighted by atomic mass is 9.92. The van der Waals surface area contributed by atoms with Crippen LogP contribution in [0.15, 0.2) is 162 Å². The Bertz CT molecular complexity index is 2160. The number of aromatic nitrogens is 2. The van der Waals surface area contributed by atoms with E-state index in [0.29, 0.717) is 5.82 Å². The van der Waals surface area contributed by atoms with Crippen LogP contribution in [-0.4, -0.2) is 9.97 Å². The predicted molar refractivity (Wildman–Crippen MR) is 176 cm³/mol. The molecule has 3 heteroatoms. The van der Waals surface area contributed by atoms with Gasteiger partial charge in [0, 0.05) is 27.5 Å². The molecule has 2 aromatic heterocycles. The van der Waals surface area contributed by atoms with E-state index in [1.165, 1.54) is 0 Å². The summed E-state index contributed by atoms with van der Waals surface area (Å²) < 4.78 is 6.14. The molecule has 0 aliphatic carbocycles. The molecule has 202 valence electrons. The van der Waals surface area contributed by atoms with Gasteiger partial charge < -0.3 is 4.42 Å². The average molecular weight is 551 g/mol. The van der Waals surface area contributed by atoms with Gasteiger partial charge in [0.2, 0.25) is 0 Å². The van der Waals surface area contributed by atoms with Gasteiger partial charge in [-0.1, -0.05) is 127 Å². The van der Waals surface area contributed by atoms with Crippen molar-refractivity contribution in [1.29, 1.82) is 0 Å². The van der Waals surface area contributed by atoms with Crippen LogP contribution in [0, 0.1) is 0 Å². The zero-order chi connectivity index (χ0) is 28.6. The Morgan fingerprint density at radius 1 is 0.349 bits per heavy atom. The van der Waals surface area contributed by atoms with Crippen LogP contribution >= 0.6 is 0 Å². The topological polar surface area (TPSA) is 38.9 Å². The van der Waals surface area contributed by atoms with Crippen LogP contribution in [0.2, 0.25) is 0 Å². The van der Waals surface area contributed by atoms with Crippen molar-refractivity contribution in [2.45, 2.75) is 0 Å². The molecule has 0 bridgehead atoms. The number of furan rings is 1. The molecule has 0 atom stereocenters. The van der Waals surface area contributed by atoms with Gasteiger partial charge in [-0.05, 0) is 52.6 Å². The summed E-state index contributed by atoms with van der Waals surface area (Å²) in [5.41, 5.74) is 11.1. The molecule has 0 aliphatic rings. The molecule has 0 amide bonds. The van der Waals surface area contributed by atoms with Gasteiger partial charge in [-0.15, -0.1) is 0 Å². The summed E-state index contributed by atoms with van der Waals surface area (Å²) in [6.07, 6.45) is 0. The maximum atomic E-state index is 6.14. The van der Waals surface area contributed by atoms with Crippen molar-refractivity contribution in [2.24, 2.45) is 0 Å². The van der Waals surface area contributed by atoms with Crippen molar-refractivity contribution in [3.05, 3.63) is 158 Å². The third-order valence-electron chi connectivity index (χ3n) is 7.92. The molecule has 0 spiro atoms. The number of fused-ring (bicyclic) bond motifs is 3. The minimum Gasteiger partial charge on any atom is -0.456 e. The number of benzene rings is 6. The van der Waals surface area contributed by atoms with Crippen molar-refractivity contribution in [1.82, 2.24) is 9.97 Å². The van der Waals surface area contributed by atoms with Crippen molar-refractivity contribution in [3.63, 3.8) is 0 Å². The zero-order valence-corrected chi connectivity index (χ0v) is 23.3. The van der Waals surface area contributed by atoms with E-state index in [1.807, 2.05) is 54.6 Å². The summed E-state index contributed by atoms with van der Waals surface area (Å²) in [6, 6.07) is 54.4. The minimum absolute atomic E-state index is 0.698. The molecule has 0 saturated heterocycles. The number of rotatable bonds is 5. The summed E-state index contributed by atoms with van der Waals surface area (Å²) >= 11 is 0. The van der Waals surface area contributed by atoms with Gasteiger partial charge in [-0.25, -0.2) is 9.97 Å². The van der Waals surface area contributed by atoms with Crippen LogP contribution in [0.1, 0.15) is 0 Å². The normalized spacial score (nSPS) is 11.3. The van der Waals surface area contributed by atoms with Crippen molar-refractivity contribution >= 4 is 21.9 Å². The maximum Gasteiger partial charge on any atom is 0.160 e. The Morgan fingerprint density at radius 3 is 1.72 bits per heavy atom. The van der Waals surface area contributed by atoms with E-state index in [2.05, 4.69) is 103 Å². The second-order valence-corrected chi connectivity index (χ2v) is 10.6. The van der Waals surface area contributed by atoms with Crippen LogP contribution in [0.25, 0.3) is 78.1 Å². The smallest absolute Gasteiger partial charge is 0.160 e. The van der Waals surface area contributed by atoms with Crippen LogP contribution < -0.4 is 0 Å². The predicted octanol–water partition coefficient (Wildman–Crippen LogP) is 10.7. The largest absolute Gasteiger partial charge is 0.456 e. The van der Waals surface area contributed by atoms with Crippen LogP contribution in [-0.2, 0) is 0 Å². The number of hydrogen-bond donors (Lipinski definition) is 0. The van der Waals surface area contributed by atoms with E-state index >= 15 is 0 Å². The molecule has 0 unspecified atom stereocenters. The first-order valence-corrected chi connectivity index (χ1v) is 14.4. The quantitative estimate of drug-likeness (QED) is 0.214. The number of nitrogens with zero attached hydrogens (tertiary/aromatic N) is 2.